The number of aromatic nitrogens is 1. The highest BCUT2D eigenvalue weighted by atomic mass is 16.2. The fourth-order valence-electron chi connectivity index (χ4n) is 3.96. The highest BCUT2D eigenvalue weighted by Crippen LogP contribution is 2.25. The van der Waals surface area contributed by atoms with Gasteiger partial charge in [-0.3, -0.25) is 9.69 Å². The molecule has 1 N–H and O–H groups in total. The van der Waals surface area contributed by atoms with Gasteiger partial charge >= 0.3 is 6.03 Å². The molecule has 2 heterocycles. The van der Waals surface area contributed by atoms with Crippen LogP contribution in [0.15, 0.2) is 60.3 Å². The van der Waals surface area contributed by atoms with Gasteiger partial charge < -0.3 is 9.88 Å². The molecule has 158 valence electrons. The van der Waals surface area contributed by atoms with Gasteiger partial charge in [-0.15, -0.1) is 0 Å². The summed E-state index contributed by atoms with van der Waals surface area (Å²) in [6, 6.07) is 18.0. The number of benzene rings is 2. The maximum atomic E-state index is 12.9. The summed E-state index contributed by atoms with van der Waals surface area (Å²) >= 11 is 0. The standard InChI is InChI=1S/C26H27N3O2/c1-5-20-10-12-23(13-11-20)29-18(3)14-22(19(29)4)15-24-25(30)28(26(31)27-24)16-21-8-6-17(2)7-9-21/h6-15H,5,16H2,1-4H3,(H,27,31)/b24-15+. The van der Waals surface area contributed by atoms with Crippen molar-refractivity contribution in [2.45, 2.75) is 40.7 Å². The van der Waals surface area contributed by atoms with Crippen LogP contribution in [0.1, 0.15) is 40.6 Å². The fraction of sp³-hybridized carbons (Fsp3) is 0.231. The minimum atomic E-state index is -0.388. The Morgan fingerprint density at radius 1 is 0.903 bits per heavy atom. The van der Waals surface area contributed by atoms with Crippen molar-refractivity contribution in [3.63, 3.8) is 0 Å². The molecule has 5 heteroatoms. The highest BCUT2D eigenvalue weighted by molar-refractivity contribution is 6.14. The summed E-state index contributed by atoms with van der Waals surface area (Å²) in [4.78, 5) is 26.6. The number of carbonyl (C=O) groups excluding carboxylic acids is 2. The fourth-order valence-corrected chi connectivity index (χ4v) is 3.96. The van der Waals surface area contributed by atoms with E-state index in [9.17, 15) is 9.59 Å². The number of nitrogens with one attached hydrogen (secondary N) is 1. The molecule has 1 aliphatic heterocycles. The number of aryl methyl sites for hydroxylation is 3. The summed E-state index contributed by atoms with van der Waals surface area (Å²) in [6.45, 7) is 8.47. The van der Waals surface area contributed by atoms with Crippen molar-refractivity contribution in [1.82, 2.24) is 14.8 Å². The Labute approximate surface area is 183 Å². The first-order chi connectivity index (χ1) is 14.9. The third-order valence-electron chi connectivity index (χ3n) is 5.80. The Morgan fingerprint density at radius 3 is 2.19 bits per heavy atom. The molecule has 1 fully saturated rings. The minimum absolute atomic E-state index is 0.255. The van der Waals surface area contributed by atoms with Gasteiger partial charge in [0.1, 0.15) is 5.70 Å². The van der Waals surface area contributed by atoms with Crippen LogP contribution in [-0.2, 0) is 17.8 Å². The first-order valence-electron chi connectivity index (χ1n) is 10.6. The number of nitrogens with zero attached hydrogens (tertiary/aromatic N) is 2. The third kappa shape index (κ3) is 4.04. The Bertz CT molecular complexity index is 1170. The van der Waals surface area contributed by atoms with Gasteiger partial charge in [0.25, 0.3) is 5.91 Å². The van der Waals surface area contributed by atoms with Crippen LogP contribution in [-0.4, -0.2) is 21.4 Å². The molecule has 31 heavy (non-hydrogen) atoms. The molecule has 0 bridgehead atoms. The third-order valence-corrected chi connectivity index (χ3v) is 5.80. The van der Waals surface area contributed by atoms with E-state index in [0.717, 1.165) is 40.2 Å². The van der Waals surface area contributed by atoms with Crippen LogP contribution in [0.5, 0.6) is 0 Å². The smallest absolute Gasteiger partial charge is 0.318 e. The largest absolute Gasteiger partial charge is 0.329 e. The van der Waals surface area contributed by atoms with Gasteiger partial charge in [-0.2, -0.15) is 0 Å². The summed E-state index contributed by atoms with van der Waals surface area (Å²) in [5.41, 5.74) is 7.75. The van der Waals surface area contributed by atoms with Crippen LogP contribution >= 0.6 is 0 Å². The van der Waals surface area contributed by atoms with E-state index in [0.29, 0.717) is 5.70 Å². The summed E-state index contributed by atoms with van der Waals surface area (Å²) in [6.07, 6.45) is 2.77. The van der Waals surface area contributed by atoms with Crippen LogP contribution < -0.4 is 5.32 Å². The van der Waals surface area contributed by atoms with Gasteiger partial charge in [-0.25, -0.2) is 4.79 Å². The Hall–Kier alpha value is -3.60. The number of urea groups is 1. The number of carbonyl (C=O) groups is 2. The quantitative estimate of drug-likeness (QED) is 0.470. The monoisotopic (exact) mass is 413 g/mol. The molecule has 1 aromatic heterocycles. The van der Waals surface area contributed by atoms with E-state index in [2.05, 4.69) is 41.1 Å². The average molecular weight is 414 g/mol. The molecule has 4 rings (SSSR count). The van der Waals surface area contributed by atoms with Crippen molar-refractivity contribution < 1.29 is 9.59 Å². The second kappa shape index (κ2) is 8.26. The molecule has 3 aromatic rings. The van der Waals surface area contributed by atoms with Crippen molar-refractivity contribution in [1.29, 1.82) is 0 Å². The Morgan fingerprint density at radius 2 is 1.55 bits per heavy atom. The van der Waals surface area contributed by atoms with E-state index in [4.69, 9.17) is 0 Å². The normalized spacial score (nSPS) is 15.1. The molecule has 0 unspecified atom stereocenters. The van der Waals surface area contributed by atoms with E-state index in [-0.39, 0.29) is 18.5 Å². The zero-order valence-electron chi connectivity index (χ0n) is 18.4. The number of hydrogen-bond acceptors (Lipinski definition) is 2. The Balaban J connectivity index is 1.60. The van der Waals surface area contributed by atoms with Crippen molar-refractivity contribution in [2.75, 3.05) is 0 Å². The lowest BCUT2D eigenvalue weighted by Crippen LogP contribution is -2.30. The zero-order chi connectivity index (χ0) is 22.1. The first kappa shape index (κ1) is 20.7. The van der Waals surface area contributed by atoms with Crippen LogP contribution in [0.4, 0.5) is 4.79 Å². The molecule has 0 spiro atoms. The molecule has 0 atom stereocenters. The van der Waals surface area contributed by atoms with Crippen LogP contribution in [0.3, 0.4) is 0 Å². The number of rotatable bonds is 5. The zero-order valence-corrected chi connectivity index (χ0v) is 18.4. The maximum Gasteiger partial charge on any atom is 0.329 e. The van der Waals surface area contributed by atoms with E-state index >= 15 is 0 Å². The molecule has 1 aliphatic rings. The van der Waals surface area contributed by atoms with Crippen molar-refractivity contribution >= 4 is 18.0 Å². The molecular formula is C26H27N3O2. The summed E-state index contributed by atoms with van der Waals surface area (Å²) in [5, 5.41) is 2.73. The van der Waals surface area contributed by atoms with Crippen LogP contribution in [0, 0.1) is 20.8 Å². The molecule has 0 saturated carbocycles. The lowest BCUT2D eigenvalue weighted by molar-refractivity contribution is -0.123. The van der Waals surface area contributed by atoms with Crippen molar-refractivity contribution in [2.24, 2.45) is 0 Å². The summed E-state index contributed by atoms with van der Waals surface area (Å²) in [5.74, 6) is -0.303. The molecule has 1 saturated heterocycles. The molecule has 2 aromatic carbocycles. The van der Waals surface area contributed by atoms with Crippen molar-refractivity contribution in [3.05, 3.63) is 93.9 Å². The molecule has 3 amide bonds. The molecule has 0 aliphatic carbocycles. The summed E-state index contributed by atoms with van der Waals surface area (Å²) in [7, 11) is 0. The van der Waals surface area contributed by atoms with Gasteiger partial charge in [0.2, 0.25) is 0 Å². The first-order valence-corrected chi connectivity index (χ1v) is 10.6. The molecular weight excluding hydrogens is 386 g/mol. The highest BCUT2D eigenvalue weighted by Gasteiger charge is 2.33. The lowest BCUT2D eigenvalue weighted by atomic mass is 10.1. The predicted molar refractivity (Wildman–Crippen MR) is 123 cm³/mol. The average Bonchev–Trinajstić information content (AvgIpc) is 3.19. The second-order valence-electron chi connectivity index (χ2n) is 8.05. The Kier molecular flexibility index (Phi) is 5.51. The number of amides is 3. The van der Waals surface area contributed by atoms with Crippen LogP contribution in [0.25, 0.3) is 11.8 Å². The van der Waals surface area contributed by atoms with Gasteiger partial charge in [0.15, 0.2) is 0 Å². The number of hydrogen-bond donors (Lipinski definition) is 1. The number of imide groups is 1. The van der Waals surface area contributed by atoms with Crippen LogP contribution in [0.2, 0.25) is 0 Å². The van der Waals surface area contributed by atoms with Gasteiger partial charge in [-0.1, -0.05) is 48.9 Å². The van der Waals surface area contributed by atoms with E-state index in [1.807, 2.05) is 51.1 Å². The topological polar surface area (TPSA) is 54.3 Å². The van der Waals surface area contributed by atoms with Gasteiger partial charge in [0, 0.05) is 17.1 Å². The predicted octanol–water partition coefficient (Wildman–Crippen LogP) is 5.06. The maximum absolute atomic E-state index is 12.9. The molecule has 0 radical (unpaired) electrons. The van der Waals surface area contributed by atoms with Crippen molar-refractivity contribution in [3.8, 4) is 5.69 Å². The lowest BCUT2D eigenvalue weighted by Gasteiger charge is -2.12. The minimum Gasteiger partial charge on any atom is -0.318 e. The SMILES string of the molecule is CCc1ccc(-n2c(C)cc(/C=C3/NC(=O)N(Cc4ccc(C)cc4)C3=O)c2C)cc1. The molecule has 5 nitrogen and oxygen atoms in total. The van der Waals surface area contributed by atoms with Gasteiger partial charge in [0.05, 0.1) is 6.54 Å². The van der Waals surface area contributed by atoms with E-state index < -0.39 is 0 Å². The second-order valence-corrected chi connectivity index (χ2v) is 8.05. The van der Waals surface area contributed by atoms with E-state index in [1.165, 1.54) is 10.5 Å². The summed E-state index contributed by atoms with van der Waals surface area (Å²) < 4.78 is 2.16. The van der Waals surface area contributed by atoms with E-state index in [1.54, 1.807) is 6.08 Å². The van der Waals surface area contributed by atoms with Gasteiger partial charge in [-0.05, 0) is 68.2 Å².